The number of rotatable bonds is 4. The second-order valence-electron chi connectivity index (χ2n) is 3.76. The standard InChI is InChI=1S/C11H7Cl2N3O4S/c12-8-9(13)14-5-15-10(8)16-21(19,20)7-3-1-6(2-4-7)11(17)18/h1-5H,(H,17,18)(H,14,15,16). The number of hydrogen-bond acceptors (Lipinski definition) is 5. The molecule has 110 valence electrons. The van der Waals surface area contributed by atoms with Gasteiger partial charge in [-0.05, 0) is 24.3 Å². The Morgan fingerprint density at radius 2 is 1.76 bits per heavy atom. The highest BCUT2D eigenvalue weighted by Crippen LogP contribution is 2.27. The molecule has 0 atom stereocenters. The summed E-state index contributed by atoms with van der Waals surface area (Å²) in [5.74, 6) is -1.32. The first kappa shape index (κ1) is 15.5. The molecule has 2 rings (SSSR count). The third-order valence-electron chi connectivity index (χ3n) is 2.39. The number of nitrogens with zero attached hydrogens (tertiary/aromatic N) is 2. The molecule has 0 unspecified atom stereocenters. The SMILES string of the molecule is O=C(O)c1ccc(S(=O)(=O)Nc2ncnc(Cl)c2Cl)cc1. The molecule has 0 saturated heterocycles. The predicted octanol–water partition coefficient (Wildman–Crippen LogP) is 2.28. The second-order valence-corrected chi connectivity index (χ2v) is 6.18. The quantitative estimate of drug-likeness (QED) is 0.821. The van der Waals surface area contributed by atoms with Crippen LogP contribution in [-0.2, 0) is 10.0 Å². The molecule has 7 nitrogen and oxygen atoms in total. The number of carbonyl (C=O) groups is 1. The molecule has 2 aromatic rings. The summed E-state index contributed by atoms with van der Waals surface area (Å²) in [6.07, 6.45) is 1.06. The van der Waals surface area contributed by atoms with Gasteiger partial charge in [-0.1, -0.05) is 23.2 Å². The molecule has 1 aromatic heterocycles. The lowest BCUT2D eigenvalue weighted by molar-refractivity contribution is 0.0696. The minimum absolute atomic E-state index is 0.0305. The van der Waals surface area contributed by atoms with Crippen molar-refractivity contribution < 1.29 is 18.3 Å². The molecule has 0 amide bonds. The van der Waals surface area contributed by atoms with Crippen molar-refractivity contribution in [3.05, 3.63) is 46.3 Å². The van der Waals surface area contributed by atoms with E-state index in [-0.39, 0.29) is 26.5 Å². The van der Waals surface area contributed by atoms with Gasteiger partial charge in [-0.2, -0.15) is 0 Å². The van der Waals surface area contributed by atoms with Gasteiger partial charge in [0, 0.05) is 0 Å². The van der Waals surface area contributed by atoms with Crippen LogP contribution in [-0.4, -0.2) is 29.5 Å². The summed E-state index contributed by atoms with van der Waals surface area (Å²) in [6, 6.07) is 4.65. The lowest BCUT2D eigenvalue weighted by Gasteiger charge is -2.09. The summed E-state index contributed by atoms with van der Waals surface area (Å²) >= 11 is 11.5. The number of aromatic carboxylic acids is 1. The minimum atomic E-state index is -3.97. The molecule has 0 bridgehead atoms. The van der Waals surface area contributed by atoms with Gasteiger partial charge in [0.2, 0.25) is 0 Å². The van der Waals surface area contributed by atoms with Crippen molar-refractivity contribution in [2.24, 2.45) is 0 Å². The Morgan fingerprint density at radius 1 is 1.14 bits per heavy atom. The Kier molecular flexibility index (Phi) is 4.31. The van der Waals surface area contributed by atoms with Crippen LogP contribution in [0.1, 0.15) is 10.4 Å². The highest BCUT2D eigenvalue weighted by molar-refractivity contribution is 7.92. The minimum Gasteiger partial charge on any atom is -0.478 e. The van der Waals surface area contributed by atoms with E-state index in [0.29, 0.717) is 0 Å². The number of halogens is 2. The number of sulfonamides is 1. The zero-order valence-corrected chi connectivity index (χ0v) is 12.4. The average molecular weight is 348 g/mol. The fourth-order valence-corrected chi connectivity index (χ4v) is 2.74. The Morgan fingerprint density at radius 3 is 2.33 bits per heavy atom. The number of hydrogen-bond donors (Lipinski definition) is 2. The monoisotopic (exact) mass is 347 g/mol. The van der Waals surface area contributed by atoms with E-state index in [0.717, 1.165) is 18.5 Å². The Bertz CT molecular complexity index is 794. The van der Waals surface area contributed by atoms with Crippen molar-refractivity contribution in [1.82, 2.24) is 9.97 Å². The van der Waals surface area contributed by atoms with Gasteiger partial charge in [-0.25, -0.2) is 23.2 Å². The molecule has 2 N–H and O–H groups in total. The van der Waals surface area contributed by atoms with E-state index in [1.807, 2.05) is 0 Å². The average Bonchev–Trinajstić information content (AvgIpc) is 2.44. The maximum atomic E-state index is 12.1. The largest absolute Gasteiger partial charge is 0.478 e. The predicted molar refractivity (Wildman–Crippen MR) is 76.3 cm³/mol. The summed E-state index contributed by atoms with van der Waals surface area (Å²) in [6.45, 7) is 0. The van der Waals surface area contributed by atoms with Crippen LogP contribution in [0.4, 0.5) is 5.82 Å². The zero-order valence-electron chi connectivity index (χ0n) is 10.1. The first-order chi connectivity index (χ1) is 9.81. The Hall–Kier alpha value is -1.90. The van der Waals surface area contributed by atoms with Crippen LogP contribution in [0.25, 0.3) is 0 Å². The fourth-order valence-electron chi connectivity index (χ4n) is 1.38. The van der Waals surface area contributed by atoms with Crippen LogP contribution >= 0.6 is 23.2 Å². The van der Waals surface area contributed by atoms with Crippen molar-refractivity contribution >= 4 is 45.0 Å². The van der Waals surface area contributed by atoms with Crippen LogP contribution in [0.3, 0.4) is 0 Å². The van der Waals surface area contributed by atoms with E-state index in [4.69, 9.17) is 28.3 Å². The van der Waals surface area contributed by atoms with Gasteiger partial charge in [-0.15, -0.1) is 0 Å². The molecule has 0 spiro atoms. The van der Waals surface area contributed by atoms with Crippen LogP contribution in [0.5, 0.6) is 0 Å². The van der Waals surface area contributed by atoms with E-state index in [2.05, 4.69) is 14.7 Å². The number of carboxylic acids is 1. The summed E-state index contributed by atoms with van der Waals surface area (Å²) in [5, 5.41) is 8.54. The first-order valence-electron chi connectivity index (χ1n) is 5.33. The van der Waals surface area contributed by atoms with E-state index in [1.54, 1.807) is 0 Å². The molecule has 1 heterocycles. The number of benzene rings is 1. The summed E-state index contributed by atoms with van der Waals surface area (Å²) in [4.78, 5) is 17.9. The maximum Gasteiger partial charge on any atom is 0.335 e. The van der Waals surface area contributed by atoms with Gasteiger partial charge in [0.1, 0.15) is 11.3 Å². The normalized spacial score (nSPS) is 11.1. The van der Waals surface area contributed by atoms with Gasteiger partial charge in [0.25, 0.3) is 10.0 Å². The molecule has 0 aliphatic heterocycles. The molecule has 21 heavy (non-hydrogen) atoms. The number of carboxylic acid groups (broad SMARTS) is 1. The Labute approximate surface area is 129 Å². The molecular formula is C11H7Cl2N3O4S. The van der Waals surface area contributed by atoms with E-state index in [1.165, 1.54) is 12.1 Å². The van der Waals surface area contributed by atoms with E-state index in [9.17, 15) is 13.2 Å². The van der Waals surface area contributed by atoms with Gasteiger partial charge in [-0.3, -0.25) is 4.72 Å². The van der Waals surface area contributed by atoms with Crippen LogP contribution in [0, 0.1) is 0 Å². The lowest BCUT2D eigenvalue weighted by Crippen LogP contribution is -2.14. The lowest BCUT2D eigenvalue weighted by atomic mass is 10.2. The zero-order chi connectivity index (χ0) is 15.6. The second kappa shape index (κ2) is 5.84. The van der Waals surface area contributed by atoms with Gasteiger partial charge in [0.05, 0.1) is 10.5 Å². The molecule has 10 heteroatoms. The number of anilines is 1. The van der Waals surface area contributed by atoms with Crippen molar-refractivity contribution in [3.8, 4) is 0 Å². The molecule has 1 aromatic carbocycles. The highest BCUT2D eigenvalue weighted by atomic mass is 35.5. The van der Waals surface area contributed by atoms with Crippen molar-refractivity contribution in [2.75, 3.05) is 4.72 Å². The summed E-state index contributed by atoms with van der Waals surface area (Å²) in [5.41, 5.74) is -0.0305. The summed E-state index contributed by atoms with van der Waals surface area (Å²) in [7, 11) is -3.97. The Balaban J connectivity index is 2.34. The van der Waals surface area contributed by atoms with Crippen LogP contribution in [0.2, 0.25) is 10.2 Å². The van der Waals surface area contributed by atoms with Gasteiger partial charge in [0.15, 0.2) is 11.0 Å². The molecular weight excluding hydrogens is 341 g/mol. The van der Waals surface area contributed by atoms with Crippen molar-refractivity contribution in [1.29, 1.82) is 0 Å². The van der Waals surface area contributed by atoms with Gasteiger partial charge >= 0.3 is 5.97 Å². The highest BCUT2D eigenvalue weighted by Gasteiger charge is 2.18. The number of aromatic nitrogens is 2. The molecule has 0 saturated carbocycles. The van der Waals surface area contributed by atoms with Crippen molar-refractivity contribution in [3.63, 3.8) is 0 Å². The van der Waals surface area contributed by atoms with Crippen LogP contribution < -0.4 is 4.72 Å². The maximum absolute atomic E-state index is 12.1. The van der Waals surface area contributed by atoms with E-state index >= 15 is 0 Å². The van der Waals surface area contributed by atoms with Crippen LogP contribution in [0.15, 0.2) is 35.5 Å². The van der Waals surface area contributed by atoms with Gasteiger partial charge < -0.3 is 5.11 Å². The third kappa shape index (κ3) is 3.41. The topological polar surface area (TPSA) is 109 Å². The molecule has 0 radical (unpaired) electrons. The van der Waals surface area contributed by atoms with E-state index < -0.39 is 16.0 Å². The first-order valence-corrected chi connectivity index (χ1v) is 7.57. The molecule has 0 aliphatic rings. The smallest absolute Gasteiger partial charge is 0.335 e. The third-order valence-corrected chi connectivity index (χ3v) is 4.49. The molecule has 0 aliphatic carbocycles. The molecule has 0 fully saturated rings. The summed E-state index contributed by atoms with van der Waals surface area (Å²) < 4.78 is 26.4. The number of nitrogens with one attached hydrogen (secondary N) is 1. The van der Waals surface area contributed by atoms with Crippen molar-refractivity contribution in [2.45, 2.75) is 4.90 Å². The fraction of sp³-hybridized carbons (Fsp3) is 0.